The first-order valence-electron chi connectivity index (χ1n) is 11.0. The van der Waals surface area contributed by atoms with Crippen molar-refractivity contribution in [3.05, 3.63) is 0 Å². The molecule has 0 aliphatic carbocycles. The molecular formula is C22H38N2O10. The fraction of sp³-hybridized carbons (Fsp3) is 0.818. The van der Waals surface area contributed by atoms with Crippen molar-refractivity contribution in [3.63, 3.8) is 0 Å². The molecule has 0 saturated carbocycles. The summed E-state index contributed by atoms with van der Waals surface area (Å²) in [6.45, 7) is 11.3. The Morgan fingerprint density at radius 1 is 0.676 bits per heavy atom. The van der Waals surface area contributed by atoms with Crippen LogP contribution in [0.4, 0.5) is 9.59 Å². The van der Waals surface area contributed by atoms with Crippen LogP contribution in [-0.2, 0) is 38.0 Å². The molecule has 0 spiro atoms. The van der Waals surface area contributed by atoms with Crippen LogP contribution in [0.25, 0.3) is 0 Å². The molecule has 0 radical (unpaired) electrons. The fourth-order valence-electron chi connectivity index (χ4n) is 2.99. The molecule has 12 heteroatoms. The minimum Gasteiger partial charge on any atom is -0.467 e. The number of carbonyl (C=O) groups is 4. The minimum absolute atomic E-state index is 0.214. The maximum atomic E-state index is 11.5. The van der Waals surface area contributed by atoms with Crippen LogP contribution in [0.2, 0.25) is 0 Å². The third-order valence-corrected chi connectivity index (χ3v) is 4.36. The van der Waals surface area contributed by atoms with E-state index in [4.69, 9.17) is 18.9 Å². The second-order valence-electron chi connectivity index (χ2n) is 9.85. The number of rotatable bonds is 4. The summed E-state index contributed by atoms with van der Waals surface area (Å²) in [5, 5.41) is 5.30. The molecule has 2 heterocycles. The van der Waals surface area contributed by atoms with Gasteiger partial charge in [0.25, 0.3) is 0 Å². The van der Waals surface area contributed by atoms with Gasteiger partial charge in [0.05, 0.1) is 39.5 Å². The zero-order chi connectivity index (χ0) is 26.1. The Kier molecular flexibility index (Phi) is 11.0. The molecule has 2 rings (SSSR count). The summed E-state index contributed by atoms with van der Waals surface area (Å²) in [6.07, 6.45) is -1.38. The minimum atomic E-state index is -0.597. The van der Waals surface area contributed by atoms with Crippen LogP contribution in [0.3, 0.4) is 0 Å². The molecule has 2 fully saturated rings. The number of hydrogen-bond donors (Lipinski definition) is 2. The molecule has 2 N–H and O–H groups in total. The molecule has 0 aromatic rings. The molecule has 2 aliphatic heterocycles. The topological polar surface area (TPSA) is 148 Å². The molecule has 4 atom stereocenters. The lowest BCUT2D eigenvalue weighted by molar-refractivity contribution is -0.151. The second kappa shape index (κ2) is 12.7. The second-order valence-corrected chi connectivity index (χ2v) is 9.85. The summed E-state index contributed by atoms with van der Waals surface area (Å²) in [5.74, 6) is -0.836. The molecule has 196 valence electrons. The van der Waals surface area contributed by atoms with Gasteiger partial charge in [0.15, 0.2) is 12.2 Å². The highest BCUT2D eigenvalue weighted by molar-refractivity contribution is 5.76. The first-order chi connectivity index (χ1) is 15.6. The van der Waals surface area contributed by atoms with Crippen molar-refractivity contribution in [2.75, 3.05) is 27.4 Å². The lowest BCUT2D eigenvalue weighted by atomic mass is 10.2. The van der Waals surface area contributed by atoms with Crippen molar-refractivity contribution in [3.8, 4) is 0 Å². The third kappa shape index (κ3) is 11.5. The Bertz CT molecular complexity index is 653. The van der Waals surface area contributed by atoms with Crippen molar-refractivity contribution in [2.24, 2.45) is 0 Å². The highest BCUT2D eigenvalue weighted by Crippen LogP contribution is 2.16. The van der Waals surface area contributed by atoms with E-state index in [0.717, 1.165) is 0 Å². The number of hydrogen-bond acceptors (Lipinski definition) is 10. The average molecular weight is 491 g/mol. The Hall–Kier alpha value is -2.60. The van der Waals surface area contributed by atoms with Crippen molar-refractivity contribution in [2.45, 2.75) is 89.9 Å². The lowest BCUT2D eigenvalue weighted by Crippen LogP contribution is -2.39. The average Bonchev–Trinajstić information content (AvgIpc) is 3.34. The van der Waals surface area contributed by atoms with Gasteiger partial charge in [-0.3, -0.25) is 0 Å². The Balaban J connectivity index is 0.000000340. The van der Waals surface area contributed by atoms with Gasteiger partial charge >= 0.3 is 24.1 Å². The zero-order valence-corrected chi connectivity index (χ0v) is 21.2. The Morgan fingerprint density at radius 2 is 1.00 bits per heavy atom. The summed E-state index contributed by atoms with van der Waals surface area (Å²) < 4.78 is 29.7. The third-order valence-electron chi connectivity index (χ3n) is 4.36. The molecule has 0 aromatic heterocycles. The summed E-state index contributed by atoms with van der Waals surface area (Å²) >= 11 is 0. The van der Waals surface area contributed by atoms with E-state index in [0.29, 0.717) is 26.1 Å². The van der Waals surface area contributed by atoms with Crippen molar-refractivity contribution in [1.82, 2.24) is 10.6 Å². The van der Waals surface area contributed by atoms with E-state index in [1.807, 2.05) is 0 Å². The van der Waals surface area contributed by atoms with Gasteiger partial charge < -0.3 is 39.1 Å². The van der Waals surface area contributed by atoms with Crippen LogP contribution in [0.5, 0.6) is 0 Å². The van der Waals surface area contributed by atoms with Crippen LogP contribution in [0, 0.1) is 0 Å². The van der Waals surface area contributed by atoms with Gasteiger partial charge in [0.1, 0.15) is 11.2 Å². The summed E-state index contributed by atoms with van der Waals surface area (Å²) in [7, 11) is 2.61. The summed E-state index contributed by atoms with van der Waals surface area (Å²) in [4.78, 5) is 45.3. The SMILES string of the molecule is COC(=O)C1CC(NC(=O)OC(C)(C)C)CO1.COC(=O)C1CC(NC(=O)OC(C)(C)C)CO1. The van der Waals surface area contributed by atoms with Gasteiger partial charge in [0, 0.05) is 12.8 Å². The van der Waals surface area contributed by atoms with Gasteiger partial charge in [-0.1, -0.05) is 0 Å². The summed E-state index contributed by atoms with van der Waals surface area (Å²) in [6, 6.07) is -0.428. The zero-order valence-electron chi connectivity index (χ0n) is 21.2. The molecule has 34 heavy (non-hydrogen) atoms. The van der Waals surface area contributed by atoms with E-state index in [9.17, 15) is 19.2 Å². The maximum Gasteiger partial charge on any atom is 0.407 e. The quantitative estimate of drug-likeness (QED) is 0.440. The maximum absolute atomic E-state index is 11.5. The van der Waals surface area contributed by atoms with Gasteiger partial charge in [-0.25, -0.2) is 19.2 Å². The monoisotopic (exact) mass is 490 g/mol. The van der Waals surface area contributed by atoms with Crippen molar-refractivity contribution in [1.29, 1.82) is 0 Å². The number of methoxy groups -OCH3 is 2. The van der Waals surface area contributed by atoms with E-state index in [1.165, 1.54) is 14.2 Å². The first-order valence-corrected chi connectivity index (χ1v) is 11.0. The van der Waals surface area contributed by atoms with Crippen LogP contribution in [0.1, 0.15) is 54.4 Å². The first kappa shape index (κ1) is 29.4. The lowest BCUT2D eigenvalue weighted by Gasteiger charge is -2.21. The molecule has 2 aliphatic rings. The van der Waals surface area contributed by atoms with Gasteiger partial charge in [-0.15, -0.1) is 0 Å². The number of carbonyl (C=O) groups excluding carboxylic acids is 4. The number of ether oxygens (including phenoxy) is 6. The van der Waals surface area contributed by atoms with Gasteiger partial charge in [-0.2, -0.15) is 0 Å². The van der Waals surface area contributed by atoms with Crippen LogP contribution >= 0.6 is 0 Å². The van der Waals surface area contributed by atoms with E-state index in [-0.39, 0.29) is 12.1 Å². The predicted octanol–water partition coefficient (Wildman–Crippen LogP) is 1.68. The Labute approximate surface area is 200 Å². The van der Waals surface area contributed by atoms with E-state index >= 15 is 0 Å². The molecule has 4 unspecified atom stereocenters. The fourth-order valence-corrected chi connectivity index (χ4v) is 2.99. The van der Waals surface area contributed by atoms with Gasteiger partial charge in [-0.05, 0) is 41.5 Å². The van der Waals surface area contributed by atoms with Crippen LogP contribution < -0.4 is 10.6 Å². The number of amides is 2. The highest BCUT2D eigenvalue weighted by atomic mass is 16.6. The van der Waals surface area contributed by atoms with Crippen molar-refractivity contribution < 1.29 is 47.6 Å². The van der Waals surface area contributed by atoms with Crippen LogP contribution in [0.15, 0.2) is 0 Å². The number of nitrogens with one attached hydrogen (secondary N) is 2. The van der Waals surface area contributed by atoms with E-state index in [2.05, 4.69) is 20.1 Å². The molecule has 0 bridgehead atoms. The normalized spacial score (nSPS) is 24.2. The summed E-state index contributed by atoms with van der Waals surface area (Å²) in [5.41, 5.74) is -1.07. The smallest absolute Gasteiger partial charge is 0.407 e. The number of alkyl carbamates (subject to hydrolysis) is 2. The molecule has 0 aromatic carbocycles. The standard InChI is InChI=1S/2C11H19NO5/c2*1-11(2,3)17-10(14)12-7-5-8(16-6-7)9(13)15-4/h2*7-8H,5-6H2,1-4H3,(H,12,14). The predicted molar refractivity (Wildman–Crippen MR) is 119 cm³/mol. The highest BCUT2D eigenvalue weighted by Gasteiger charge is 2.34. The Morgan fingerprint density at radius 3 is 1.26 bits per heavy atom. The largest absolute Gasteiger partial charge is 0.467 e. The molecule has 2 amide bonds. The van der Waals surface area contributed by atoms with E-state index < -0.39 is 47.5 Å². The van der Waals surface area contributed by atoms with Crippen LogP contribution in [-0.4, -0.2) is 87.1 Å². The number of esters is 2. The van der Waals surface area contributed by atoms with Crippen molar-refractivity contribution >= 4 is 24.1 Å². The van der Waals surface area contributed by atoms with Gasteiger partial charge in [0.2, 0.25) is 0 Å². The molecule has 12 nitrogen and oxygen atoms in total. The molecular weight excluding hydrogens is 452 g/mol. The van der Waals surface area contributed by atoms with E-state index in [1.54, 1.807) is 41.5 Å². The molecule has 2 saturated heterocycles.